The molecule has 1 saturated heterocycles. The van der Waals surface area contributed by atoms with Crippen molar-refractivity contribution in [2.24, 2.45) is 0 Å². The fourth-order valence-electron chi connectivity index (χ4n) is 2.95. The van der Waals surface area contributed by atoms with Gasteiger partial charge < -0.3 is 4.90 Å². The van der Waals surface area contributed by atoms with Crippen LogP contribution in [0.5, 0.6) is 0 Å². The van der Waals surface area contributed by atoms with Gasteiger partial charge in [-0.2, -0.15) is 0 Å². The summed E-state index contributed by atoms with van der Waals surface area (Å²) in [6, 6.07) is 3.34. The Morgan fingerprint density at radius 3 is 2.62 bits per heavy atom. The first-order chi connectivity index (χ1) is 12.0. The smallest absolute Gasteiger partial charge is 0.269 e. The van der Waals surface area contributed by atoms with E-state index in [1.54, 1.807) is 25.9 Å². The molecular weight excluding hydrogens is 382 g/mol. The first kappa shape index (κ1) is 20.6. The molecule has 0 N–H and O–H groups in total. The molecular formula is C16H22ClN3O5S. The lowest BCUT2D eigenvalue weighted by molar-refractivity contribution is -0.384. The van der Waals surface area contributed by atoms with Crippen molar-refractivity contribution in [1.82, 2.24) is 9.80 Å². The van der Waals surface area contributed by atoms with Gasteiger partial charge in [0.2, 0.25) is 5.91 Å². The maximum atomic E-state index is 12.7. The van der Waals surface area contributed by atoms with E-state index in [9.17, 15) is 23.3 Å². The second-order valence-electron chi connectivity index (χ2n) is 6.63. The molecule has 0 aliphatic carbocycles. The van der Waals surface area contributed by atoms with Gasteiger partial charge in [-0.25, -0.2) is 8.42 Å². The lowest BCUT2D eigenvalue weighted by Crippen LogP contribution is -2.48. The van der Waals surface area contributed by atoms with Crippen LogP contribution >= 0.6 is 11.6 Å². The minimum absolute atomic E-state index is 0.0115. The first-order valence-corrected chi connectivity index (χ1v) is 10.3. The molecule has 2 unspecified atom stereocenters. The van der Waals surface area contributed by atoms with Gasteiger partial charge in [0, 0.05) is 36.8 Å². The van der Waals surface area contributed by atoms with Crippen molar-refractivity contribution in [3.63, 3.8) is 0 Å². The number of rotatable bonds is 6. The molecule has 10 heteroatoms. The molecule has 0 bridgehead atoms. The van der Waals surface area contributed by atoms with Crippen LogP contribution in [0.2, 0.25) is 5.02 Å². The summed E-state index contributed by atoms with van der Waals surface area (Å²) in [5, 5.41) is 11.3. The number of sulfone groups is 1. The summed E-state index contributed by atoms with van der Waals surface area (Å²) >= 11 is 6.12. The van der Waals surface area contributed by atoms with Crippen LogP contribution in [0.3, 0.4) is 0 Å². The molecule has 1 aliphatic heterocycles. The summed E-state index contributed by atoms with van der Waals surface area (Å²) in [6.45, 7) is 1.97. The lowest BCUT2D eigenvalue weighted by Gasteiger charge is -2.31. The van der Waals surface area contributed by atoms with Gasteiger partial charge in [-0.3, -0.25) is 19.8 Å². The van der Waals surface area contributed by atoms with E-state index in [0.717, 1.165) is 0 Å². The van der Waals surface area contributed by atoms with Gasteiger partial charge in [-0.1, -0.05) is 11.6 Å². The molecule has 1 aromatic carbocycles. The molecule has 1 aliphatic rings. The summed E-state index contributed by atoms with van der Waals surface area (Å²) in [6.07, 6.45) is 0.442. The summed E-state index contributed by atoms with van der Waals surface area (Å²) in [7, 11) is 0.253. The standard InChI is InChI=1S/C16H22ClN3O5S/c1-11(16(21)19(3)14-6-7-26(24,25)10-14)18(2)9-12-8-13(20(22)23)4-5-15(12)17/h4-5,8,11,14H,6-7,9-10H2,1-3H3. The summed E-state index contributed by atoms with van der Waals surface area (Å²) in [4.78, 5) is 26.3. The minimum Gasteiger partial charge on any atom is -0.340 e. The van der Waals surface area contributed by atoms with Crippen molar-refractivity contribution in [2.75, 3.05) is 25.6 Å². The Labute approximate surface area is 157 Å². The largest absolute Gasteiger partial charge is 0.340 e. The van der Waals surface area contributed by atoms with Gasteiger partial charge in [0.15, 0.2) is 9.84 Å². The molecule has 2 rings (SSSR count). The van der Waals surface area contributed by atoms with Crippen LogP contribution in [-0.2, 0) is 21.2 Å². The van der Waals surface area contributed by atoms with E-state index < -0.39 is 20.8 Å². The van der Waals surface area contributed by atoms with Crippen LogP contribution in [0, 0.1) is 10.1 Å². The molecule has 0 spiro atoms. The number of nitro groups is 1. The fourth-order valence-corrected chi connectivity index (χ4v) is 4.90. The molecule has 144 valence electrons. The predicted octanol–water partition coefficient (Wildman–Crippen LogP) is 1.71. The average molecular weight is 404 g/mol. The highest BCUT2D eigenvalue weighted by Gasteiger charge is 2.34. The van der Waals surface area contributed by atoms with Gasteiger partial charge in [0.25, 0.3) is 5.69 Å². The number of amides is 1. The summed E-state index contributed by atoms with van der Waals surface area (Å²) in [5.74, 6) is -0.110. The van der Waals surface area contributed by atoms with Crippen molar-refractivity contribution in [1.29, 1.82) is 0 Å². The summed E-state index contributed by atoms with van der Waals surface area (Å²) in [5.41, 5.74) is 0.485. The van der Waals surface area contributed by atoms with Crippen molar-refractivity contribution >= 4 is 33.0 Å². The van der Waals surface area contributed by atoms with Gasteiger partial charge in [-0.05, 0) is 32.0 Å². The highest BCUT2D eigenvalue weighted by Crippen LogP contribution is 2.24. The quantitative estimate of drug-likeness (QED) is 0.529. The topological polar surface area (TPSA) is 101 Å². The van der Waals surface area contributed by atoms with E-state index in [-0.39, 0.29) is 35.7 Å². The molecule has 1 fully saturated rings. The Morgan fingerprint density at radius 1 is 1.42 bits per heavy atom. The molecule has 2 atom stereocenters. The van der Waals surface area contributed by atoms with E-state index in [4.69, 9.17) is 11.6 Å². The zero-order valence-corrected chi connectivity index (χ0v) is 16.5. The highest BCUT2D eigenvalue weighted by atomic mass is 35.5. The van der Waals surface area contributed by atoms with Crippen LogP contribution < -0.4 is 0 Å². The van der Waals surface area contributed by atoms with Crippen molar-refractivity contribution in [3.05, 3.63) is 38.9 Å². The third-order valence-corrected chi connectivity index (χ3v) is 6.90. The molecule has 8 nitrogen and oxygen atoms in total. The number of halogens is 1. The summed E-state index contributed by atoms with van der Waals surface area (Å²) < 4.78 is 23.2. The Balaban J connectivity index is 2.07. The number of likely N-dealkylation sites (N-methyl/N-ethyl adjacent to an activating group) is 2. The van der Waals surface area contributed by atoms with Gasteiger partial charge in [0.05, 0.1) is 22.5 Å². The number of non-ortho nitro benzene ring substituents is 1. The van der Waals surface area contributed by atoms with E-state index in [1.807, 2.05) is 0 Å². The maximum absolute atomic E-state index is 12.7. The second-order valence-corrected chi connectivity index (χ2v) is 9.27. The third kappa shape index (κ3) is 4.72. The number of nitro benzene ring substituents is 1. The van der Waals surface area contributed by atoms with Crippen molar-refractivity contribution in [3.8, 4) is 0 Å². The van der Waals surface area contributed by atoms with Crippen LogP contribution in [-0.4, -0.2) is 66.7 Å². The van der Waals surface area contributed by atoms with E-state index >= 15 is 0 Å². The van der Waals surface area contributed by atoms with Crippen LogP contribution in [0.4, 0.5) is 5.69 Å². The second kappa shape index (κ2) is 7.89. The third-order valence-electron chi connectivity index (χ3n) is 4.78. The maximum Gasteiger partial charge on any atom is 0.269 e. The number of carbonyl (C=O) groups is 1. The van der Waals surface area contributed by atoms with Crippen molar-refractivity contribution in [2.45, 2.75) is 32.0 Å². The number of carbonyl (C=O) groups excluding carboxylic acids is 1. The molecule has 1 aromatic rings. The first-order valence-electron chi connectivity index (χ1n) is 8.12. The van der Waals surface area contributed by atoms with E-state index in [2.05, 4.69) is 0 Å². The monoisotopic (exact) mass is 403 g/mol. The van der Waals surface area contributed by atoms with E-state index in [0.29, 0.717) is 17.0 Å². The average Bonchev–Trinajstić information content (AvgIpc) is 2.94. The molecule has 0 radical (unpaired) electrons. The number of hydrogen-bond donors (Lipinski definition) is 0. The normalized spacial score (nSPS) is 20.1. The van der Waals surface area contributed by atoms with Gasteiger partial charge >= 0.3 is 0 Å². The SMILES string of the molecule is CC(C(=O)N(C)C1CCS(=O)(=O)C1)N(C)Cc1cc([N+](=O)[O-])ccc1Cl. The molecule has 26 heavy (non-hydrogen) atoms. The van der Waals surface area contributed by atoms with E-state index in [1.165, 1.54) is 23.1 Å². The lowest BCUT2D eigenvalue weighted by atomic mass is 10.1. The van der Waals surface area contributed by atoms with Gasteiger partial charge in [-0.15, -0.1) is 0 Å². The highest BCUT2D eigenvalue weighted by molar-refractivity contribution is 7.91. The number of hydrogen-bond acceptors (Lipinski definition) is 6. The van der Waals surface area contributed by atoms with Gasteiger partial charge in [0.1, 0.15) is 0 Å². The predicted molar refractivity (Wildman–Crippen MR) is 98.9 cm³/mol. The van der Waals surface area contributed by atoms with Crippen molar-refractivity contribution < 1.29 is 18.1 Å². The number of benzene rings is 1. The van der Waals surface area contributed by atoms with Crippen LogP contribution in [0.1, 0.15) is 18.9 Å². The van der Waals surface area contributed by atoms with Crippen LogP contribution in [0.25, 0.3) is 0 Å². The van der Waals surface area contributed by atoms with Crippen LogP contribution in [0.15, 0.2) is 18.2 Å². The number of nitrogens with zero attached hydrogens (tertiary/aromatic N) is 3. The Hall–Kier alpha value is -1.71. The Morgan fingerprint density at radius 2 is 2.08 bits per heavy atom. The minimum atomic E-state index is -3.08. The zero-order chi connectivity index (χ0) is 19.6. The fraction of sp³-hybridized carbons (Fsp3) is 0.562. The molecule has 1 heterocycles. The Kier molecular flexibility index (Phi) is 6.25. The molecule has 0 saturated carbocycles. The molecule has 0 aromatic heterocycles. The Bertz CT molecular complexity index is 814. The molecule has 1 amide bonds. The zero-order valence-electron chi connectivity index (χ0n) is 14.9.